The number of nitrogens with zero attached hydrogens (tertiary/aromatic N) is 1. The first kappa shape index (κ1) is 12.9. The normalized spacial score (nSPS) is 29.2. The Balaban J connectivity index is 2.35. The van der Waals surface area contributed by atoms with Crippen LogP contribution in [0, 0.1) is 11.8 Å². The molecule has 1 rings (SSSR count). The number of likely N-dealkylation sites (N-methyl/N-ethyl adjacent to an activating group) is 1. The van der Waals surface area contributed by atoms with Crippen molar-refractivity contribution in [1.82, 2.24) is 4.90 Å². The van der Waals surface area contributed by atoms with E-state index in [0.29, 0.717) is 6.61 Å². The predicted molar refractivity (Wildman–Crippen MR) is 60.6 cm³/mol. The maximum Gasteiger partial charge on any atom is 0.0629 e. The molecule has 3 N–H and O–H groups in total. The number of aliphatic hydroxyl groups excluding tert-OH is 1. The van der Waals surface area contributed by atoms with Crippen molar-refractivity contribution in [1.29, 1.82) is 0 Å². The fraction of sp³-hybridized carbons (Fsp3) is 1.00. The second-order valence-electron chi connectivity index (χ2n) is 4.78. The molecule has 4 nitrogen and oxygen atoms in total. The zero-order valence-electron chi connectivity index (χ0n) is 10.0. The summed E-state index contributed by atoms with van der Waals surface area (Å²) in [5.41, 5.74) is 5.94. The summed E-state index contributed by atoms with van der Waals surface area (Å²) in [5.74, 6) is 1.63. The third kappa shape index (κ3) is 3.72. The van der Waals surface area contributed by atoms with Crippen LogP contribution in [0.1, 0.15) is 13.3 Å². The first-order valence-corrected chi connectivity index (χ1v) is 5.65. The van der Waals surface area contributed by atoms with Gasteiger partial charge in [-0.15, -0.1) is 0 Å². The first-order chi connectivity index (χ1) is 7.10. The minimum atomic E-state index is -0.112. The van der Waals surface area contributed by atoms with E-state index >= 15 is 0 Å². The third-order valence-electron chi connectivity index (χ3n) is 3.41. The average molecular weight is 216 g/mol. The van der Waals surface area contributed by atoms with E-state index in [1.165, 1.54) is 6.42 Å². The second-order valence-corrected chi connectivity index (χ2v) is 4.78. The summed E-state index contributed by atoms with van der Waals surface area (Å²) in [6.45, 7) is 3.89. The van der Waals surface area contributed by atoms with E-state index in [4.69, 9.17) is 10.5 Å². The molecule has 0 spiro atoms. The Bertz CT molecular complexity index is 189. The van der Waals surface area contributed by atoms with Crippen LogP contribution in [-0.2, 0) is 4.74 Å². The van der Waals surface area contributed by atoms with Gasteiger partial charge < -0.3 is 15.6 Å². The van der Waals surface area contributed by atoms with Gasteiger partial charge in [-0.3, -0.25) is 4.90 Å². The van der Waals surface area contributed by atoms with Gasteiger partial charge in [-0.25, -0.2) is 0 Å². The summed E-state index contributed by atoms with van der Waals surface area (Å²) in [6, 6.07) is -0.100. The fourth-order valence-electron chi connectivity index (χ4n) is 2.06. The summed E-state index contributed by atoms with van der Waals surface area (Å²) < 4.78 is 5.02. The van der Waals surface area contributed by atoms with Gasteiger partial charge in [0.05, 0.1) is 13.2 Å². The standard InChI is InChI=1S/C11H24N2O2/c1-8-4-9(8)5-13(2)11(6-14)10(12)7-15-3/h8-11,14H,4-7,12H2,1-3H3. The molecule has 4 unspecified atom stereocenters. The smallest absolute Gasteiger partial charge is 0.0629 e. The molecule has 0 aromatic carbocycles. The maximum absolute atomic E-state index is 9.32. The van der Waals surface area contributed by atoms with Crippen molar-refractivity contribution >= 4 is 0 Å². The van der Waals surface area contributed by atoms with Crippen LogP contribution in [0.15, 0.2) is 0 Å². The molecule has 1 aliphatic carbocycles. The molecule has 4 heteroatoms. The lowest BCUT2D eigenvalue weighted by Gasteiger charge is -2.31. The number of hydrogen-bond donors (Lipinski definition) is 2. The van der Waals surface area contributed by atoms with Crippen LogP contribution in [0.2, 0.25) is 0 Å². The van der Waals surface area contributed by atoms with Crippen molar-refractivity contribution in [2.45, 2.75) is 25.4 Å². The Morgan fingerprint density at radius 3 is 2.60 bits per heavy atom. The number of ether oxygens (including phenoxy) is 1. The number of hydrogen-bond acceptors (Lipinski definition) is 4. The zero-order chi connectivity index (χ0) is 11.4. The Morgan fingerprint density at radius 2 is 2.20 bits per heavy atom. The van der Waals surface area contributed by atoms with Crippen molar-refractivity contribution in [3.8, 4) is 0 Å². The lowest BCUT2D eigenvalue weighted by atomic mass is 10.1. The first-order valence-electron chi connectivity index (χ1n) is 5.65. The van der Waals surface area contributed by atoms with Gasteiger partial charge in [-0.05, 0) is 25.3 Å². The highest BCUT2D eigenvalue weighted by Gasteiger charge is 2.35. The molecule has 15 heavy (non-hydrogen) atoms. The van der Waals surface area contributed by atoms with Gasteiger partial charge in [0.2, 0.25) is 0 Å². The number of aliphatic hydroxyl groups is 1. The highest BCUT2D eigenvalue weighted by molar-refractivity contribution is 4.88. The summed E-state index contributed by atoms with van der Waals surface area (Å²) >= 11 is 0. The molecule has 4 atom stereocenters. The van der Waals surface area contributed by atoms with Gasteiger partial charge in [0.1, 0.15) is 0 Å². The van der Waals surface area contributed by atoms with Crippen LogP contribution in [0.5, 0.6) is 0 Å². The van der Waals surface area contributed by atoms with Gasteiger partial charge in [-0.1, -0.05) is 6.92 Å². The van der Waals surface area contributed by atoms with Gasteiger partial charge >= 0.3 is 0 Å². The molecule has 1 fully saturated rings. The molecule has 1 aliphatic rings. The Kier molecular flexibility index (Phi) is 4.99. The summed E-state index contributed by atoms with van der Waals surface area (Å²) in [6.07, 6.45) is 1.31. The van der Waals surface area contributed by atoms with E-state index in [1.807, 2.05) is 7.05 Å². The lowest BCUT2D eigenvalue weighted by Crippen LogP contribution is -2.51. The van der Waals surface area contributed by atoms with E-state index in [2.05, 4.69) is 11.8 Å². The van der Waals surface area contributed by atoms with Crippen molar-refractivity contribution < 1.29 is 9.84 Å². The van der Waals surface area contributed by atoms with Crippen LogP contribution >= 0.6 is 0 Å². The summed E-state index contributed by atoms with van der Waals surface area (Å²) in [5, 5.41) is 9.32. The van der Waals surface area contributed by atoms with Gasteiger partial charge in [0, 0.05) is 25.7 Å². The molecule has 0 aromatic heterocycles. The van der Waals surface area contributed by atoms with E-state index in [-0.39, 0.29) is 18.7 Å². The maximum atomic E-state index is 9.32. The van der Waals surface area contributed by atoms with Crippen LogP contribution in [0.3, 0.4) is 0 Å². The van der Waals surface area contributed by atoms with Gasteiger partial charge in [0.25, 0.3) is 0 Å². The molecule has 0 aliphatic heterocycles. The topological polar surface area (TPSA) is 58.7 Å². The lowest BCUT2D eigenvalue weighted by molar-refractivity contribution is 0.0823. The average Bonchev–Trinajstić information content (AvgIpc) is 2.83. The van der Waals surface area contributed by atoms with E-state index in [0.717, 1.165) is 18.4 Å². The summed E-state index contributed by atoms with van der Waals surface area (Å²) in [7, 11) is 3.67. The Morgan fingerprint density at radius 1 is 1.60 bits per heavy atom. The van der Waals surface area contributed by atoms with Crippen molar-refractivity contribution in [3.63, 3.8) is 0 Å². The van der Waals surface area contributed by atoms with Gasteiger partial charge in [0.15, 0.2) is 0 Å². The third-order valence-corrected chi connectivity index (χ3v) is 3.41. The molecule has 0 aromatic rings. The molecule has 0 amide bonds. The second kappa shape index (κ2) is 5.80. The molecule has 90 valence electrons. The monoisotopic (exact) mass is 216 g/mol. The molecular formula is C11H24N2O2. The number of nitrogens with two attached hydrogens (primary N) is 1. The largest absolute Gasteiger partial charge is 0.395 e. The highest BCUT2D eigenvalue weighted by Crippen LogP contribution is 2.38. The summed E-state index contributed by atoms with van der Waals surface area (Å²) in [4.78, 5) is 2.16. The minimum absolute atomic E-state index is 0.0118. The number of rotatable bonds is 7. The van der Waals surface area contributed by atoms with E-state index in [9.17, 15) is 5.11 Å². The fourth-order valence-corrected chi connectivity index (χ4v) is 2.06. The van der Waals surface area contributed by atoms with Crippen molar-refractivity contribution in [3.05, 3.63) is 0 Å². The van der Waals surface area contributed by atoms with Crippen LogP contribution in [0.4, 0.5) is 0 Å². The van der Waals surface area contributed by atoms with E-state index < -0.39 is 0 Å². The Hall–Kier alpha value is -0.160. The zero-order valence-corrected chi connectivity index (χ0v) is 10.0. The quantitative estimate of drug-likeness (QED) is 0.624. The number of methoxy groups -OCH3 is 1. The Labute approximate surface area is 92.4 Å². The van der Waals surface area contributed by atoms with Crippen molar-refractivity contribution in [2.24, 2.45) is 17.6 Å². The minimum Gasteiger partial charge on any atom is -0.395 e. The highest BCUT2D eigenvalue weighted by atomic mass is 16.5. The predicted octanol–water partition coefficient (Wildman–Crippen LogP) is -0.0912. The SMILES string of the molecule is COCC(N)C(CO)N(C)CC1CC1C. The van der Waals surface area contributed by atoms with Crippen LogP contribution < -0.4 is 5.73 Å². The van der Waals surface area contributed by atoms with Crippen LogP contribution in [-0.4, -0.2) is 56.0 Å². The molecule has 0 radical (unpaired) electrons. The van der Waals surface area contributed by atoms with Gasteiger partial charge in [-0.2, -0.15) is 0 Å². The van der Waals surface area contributed by atoms with Crippen molar-refractivity contribution in [2.75, 3.05) is 33.9 Å². The molecule has 0 heterocycles. The molecular weight excluding hydrogens is 192 g/mol. The molecule has 0 bridgehead atoms. The van der Waals surface area contributed by atoms with E-state index in [1.54, 1.807) is 7.11 Å². The van der Waals surface area contributed by atoms with Crippen LogP contribution in [0.25, 0.3) is 0 Å². The molecule has 0 saturated heterocycles. The molecule has 1 saturated carbocycles.